The van der Waals surface area contributed by atoms with Crippen molar-refractivity contribution >= 4 is 11.8 Å². The lowest BCUT2D eigenvalue weighted by atomic mass is 9.88. The van der Waals surface area contributed by atoms with Crippen LogP contribution in [0.5, 0.6) is 11.5 Å². The summed E-state index contributed by atoms with van der Waals surface area (Å²) in [6.45, 7) is 10.8. The van der Waals surface area contributed by atoms with Crippen LogP contribution in [0.15, 0.2) is 30.3 Å². The summed E-state index contributed by atoms with van der Waals surface area (Å²) < 4.78 is 17.7. The Bertz CT molecular complexity index is 1060. The van der Waals surface area contributed by atoms with Crippen molar-refractivity contribution in [2.24, 2.45) is 0 Å². The fourth-order valence-corrected chi connectivity index (χ4v) is 4.89. The molecule has 196 valence electrons. The predicted molar refractivity (Wildman–Crippen MR) is 140 cm³/mol. The second-order valence-corrected chi connectivity index (χ2v) is 10.2. The Morgan fingerprint density at radius 3 is 2.50 bits per heavy atom. The number of esters is 1. The van der Waals surface area contributed by atoms with Crippen molar-refractivity contribution < 1.29 is 28.9 Å². The summed E-state index contributed by atoms with van der Waals surface area (Å²) in [6, 6.07) is 10.1. The zero-order valence-electron chi connectivity index (χ0n) is 22.3. The van der Waals surface area contributed by atoms with Gasteiger partial charge in [-0.2, -0.15) is 0 Å². The molecule has 0 saturated carbocycles. The third-order valence-corrected chi connectivity index (χ3v) is 6.52. The van der Waals surface area contributed by atoms with Gasteiger partial charge in [0.05, 0.1) is 12.7 Å². The number of ketones is 1. The van der Waals surface area contributed by atoms with Gasteiger partial charge in [-0.15, -0.1) is 0 Å². The molecule has 0 aromatic heterocycles. The number of benzene rings is 2. The maximum atomic E-state index is 12.2. The van der Waals surface area contributed by atoms with E-state index in [0.717, 1.165) is 58.6 Å². The summed E-state index contributed by atoms with van der Waals surface area (Å²) in [7, 11) is 0. The fourth-order valence-electron chi connectivity index (χ4n) is 4.89. The molecule has 0 radical (unpaired) electrons. The molecule has 2 aromatic carbocycles. The van der Waals surface area contributed by atoms with Gasteiger partial charge in [0.1, 0.15) is 35.9 Å². The normalized spacial score (nSPS) is 14.6. The minimum atomic E-state index is -0.846. The average Bonchev–Trinajstić information content (AvgIpc) is 3.14. The van der Waals surface area contributed by atoms with Crippen LogP contribution in [-0.4, -0.2) is 35.2 Å². The molecule has 6 nitrogen and oxygen atoms in total. The SMILES string of the molecule is CCCc1c(CCC(O)CC(=O)CC(=O)OCC)c2c(c(C)c1OCc1ccccc1)CC(C)(C)O2. The first-order valence-corrected chi connectivity index (χ1v) is 13.0. The summed E-state index contributed by atoms with van der Waals surface area (Å²) in [5.41, 5.74) is 5.23. The predicted octanol–water partition coefficient (Wildman–Crippen LogP) is 5.45. The molecule has 1 N–H and O–H groups in total. The van der Waals surface area contributed by atoms with Crippen molar-refractivity contribution in [3.8, 4) is 11.5 Å². The Kier molecular flexibility index (Phi) is 9.55. The lowest BCUT2D eigenvalue weighted by molar-refractivity contribution is -0.145. The van der Waals surface area contributed by atoms with Crippen molar-refractivity contribution in [2.45, 2.75) is 97.9 Å². The highest BCUT2D eigenvalue weighted by molar-refractivity contribution is 5.95. The molecule has 1 aliphatic heterocycles. The van der Waals surface area contributed by atoms with Gasteiger partial charge < -0.3 is 19.3 Å². The first-order valence-electron chi connectivity index (χ1n) is 13.0. The number of carbonyl (C=O) groups is 2. The summed E-state index contributed by atoms with van der Waals surface area (Å²) >= 11 is 0. The second kappa shape index (κ2) is 12.4. The molecule has 1 unspecified atom stereocenters. The first-order chi connectivity index (χ1) is 17.1. The Morgan fingerprint density at radius 1 is 1.11 bits per heavy atom. The van der Waals surface area contributed by atoms with Crippen LogP contribution in [0.1, 0.15) is 81.2 Å². The number of fused-ring (bicyclic) bond motifs is 1. The number of hydrogen-bond donors (Lipinski definition) is 1. The van der Waals surface area contributed by atoms with Gasteiger partial charge in [0.2, 0.25) is 0 Å². The van der Waals surface area contributed by atoms with Crippen LogP contribution in [0.2, 0.25) is 0 Å². The quantitative estimate of drug-likeness (QED) is 0.294. The number of aliphatic hydroxyl groups excluding tert-OH is 1. The zero-order chi connectivity index (χ0) is 26.3. The molecule has 2 aromatic rings. The lowest BCUT2D eigenvalue weighted by Crippen LogP contribution is -2.25. The van der Waals surface area contributed by atoms with Gasteiger partial charge in [-0.3, -0.25) is 9.59 Å². The molecular formula is C30H40O6. The molecule has 1 aliphatic rings. The number of aliphatic hydroxyl groups is 1. The summed E-state index contributed by atoms with van der Waals surface area (Å²) in [4.78, 5) is 23.8. The Hall–Kier alpha value is -2.86. The number of Topliss-reactive ketones (excluding diaryl/α,β-unsaturated/α-hetero) is 1. The molecule has 3 rings (SSSR count). The van der Waals surface area contributed by atoms with Gasteiger partial charge >= 0.3 is 5.97 Å². The molecule has 36 heavy (non-hydrogen) atoms. The van der Waals surface area contributed by atoms with Crippen LogP contribution in [0.4, 0.5) is 0 Å². The van der Waals surface area contributed by atoms with Crippen molar-refractivity contribution in [3.63, 3.8) is 0 Å². The Morgan fingerprint density at radius 2 is 1.83 bits per heavy atom. The van der Waals surface area contributed by atoms with E-state index in [0.29, 0.717) is 19.4 Å². The molecule has 1 heterocycles. The third kappa shape index (κ3) is 7.10. The highest BCUT2D eigenvalue weighted by Crippen LogP contribution is 2.47. The maximum absolute atomic E-state index is 12.2. The van der Waals surface area contributed by atoms with Crippen LogP contribution in [0.25, 0.3) is 0 Å². The standard InChI is InChI=1S/C30H40O6/c1-6-11-24-25(15-14-22(31)16-23(32)17-27(33)34-7-2)29-26(18-30(4,5)36-29)20(3)28(24)35-19-21-12-9-8-10-13-21/h8-10,12-13,22,31H,6-7,11,14-19H2,1-5H3. The number of hydrogen-bond acceptors (Lipinski definition) is 6. The van der Waals surface area contributed by atoms with E-state index in [4.69, 9.17) is 14.2 Å². The minimum absolute atomic E-state index is 0.0698. The lowest BCUT2D eigenvalue weighted by Gasteiger charge is -2.23. The van der Waals surface area contributed by atoms with Crippen molar-refractivity contribution in [2.75, 3.05) is 6.61 Å². The van der Waals surface area contributed by atoms with E-state index in [9.17, 15) is 14.7 Å². The number of rotatable bonds is 13. The topological polar surface area (TPSA) is 82.1 Å². The van der Waals surface area contributed by atoms with Gasteiger partial charge in [0.15, 0.2) is 0 Å². The van der Waals surface area contributed by atoms with E-state index in [1.807, 2.05) is 18.2 Å². The van der Waals surface area contributed by atoms with E-state index in [1.54, 1.807) is 6.92 Å². The van der Waals surface area contributed by atoms with E-state index in [2.05, 4.69) is 39.8 Å². The molecule has 0 saturated heterocycles. The number of carbonyl (C=O) groups excluding carboxylic acids is 2. The molecule has 0 fully saturated rings. The van der Waals surface area contributed by atoms with Gasteiger partial charge in [-0.1, -0.05) is 43.7 Å². The summed E-state index contributed by atoms with van der Waals surface area (Å²) in [6.07, 6.45) is 2.29. The largest absolute Gasteiger partial charge is 0.488 e. The highest BCUT2D eigenvalue weighted by atomic mass is 16.5. The third-order valence-electron chi connectivity index (χ3n) is 6.52. The van der Waals surface area contributed by atoms with Crippen LogP contribution in [0.3, 0.4) is 0 Å². The fraction of sp³-hybridized carbons (Fsp3) is 0.533. The Balaban J connectivity index is 1.86. The smallest absolute Gasteiger partial charge is 0.313 e. The molecular weight excluding hydrogens is 456 g/mol. The molecule has 0 aliphatic carbocycles. The van der Waals surface area contributed by atoms with Gasteiger partial charge in [-0.25, -0.2) is 0 Å². The highest BCUT2D eigenvalue weighted by Gasteiger charge is 2.36. The molecule has 0 amide bonds. The zero-order valence-corrected chi connectivity index (χ0v) is 22.3. The van der Waals surface area contributed by atoms with Crippen LogP contribution in [-0.2, 0) is 40.2 Å². The summed E-state index contributed by atoms with van der Waals surface area (Å²) in [5, 5.41) is 10.6. The molecule has 0 spiro atoms. The maximum Gasteiger partial charge on any atom is 0.313 e. The van der Waals surface area contributed by atoms with Crippen LogP contribution >= 0.6 is 0 Å². The van der Waals surface area contributed by atoms with Crippen molar-refractivity contribution in [1.29, 1.82) is 0 Å². The summed E-state index contributed by atoms with van der Waals surface area (Å²) in [5.74, 6) is 0.946. The molecule has 1 atom stereocenters. The minimum Gasteiger partial charge on any atom is -0.488 e. The Labute approximate surface area is 215 Å². The monoisotopic (exact) mass is 496 g/mol. The van der Waals surface area contributed by atoms with Crippen molar-refractivity contribution in [3.05, 3.63) is 58.1 Å². The van der Waals surface area contributed by atoms with E-state index >= 15 is 0 Å². The van der Waals surface area contributed by atoms with Gasteiger partial charge in [0, 0.05) is 29.5 Å². The average molecular weight is 497 g/mol. The van der Waals surface area contributed by atoms with Crippen molar-refractivity contribution in [1.82, 2.24) is 0 Å². The van der Waals surface area contributed by atoms with Gasteiger partial charge in [-0.05, 0) is 58.1 Å². The van der Waals surface area contributed by atoms with E-state index in [-0.39, 0.29) is 30.8 Å². The van der Waals surface area contributed by atoms with Gasteiger partial charge in [0.25, 0.3) is 0 Å². The first kappa shape index (κ1) is 27.7. The number of ether oxygens (including phenoxy) is 3. The second-order valence-electron chi connectivity index (χ2n) is 10.2. The van der Waals surface area contributed by atoms with Crippen LogP contribution < -0.4 is 9.47 Å². The molecule has 0 bridgehead atoms. The molecule has 6 heteroatoms. The van der Waals surface area contributed by atoms with Crippen LogP contribution in [0, 0.1) is 6.92 Å². The van der Waals surface area contributed by atoms with E-state index < -0.39 is 12.1 Å². The van der Waals surface area contributed by atoms with E-state index in [1.165, 1.54) is 0 Å².